The lowest BCUT2D eigenvalue weighted by Gasteiger charge is -2.12. The smallest absolute Gasteiger partial charge is 0.252 e. The van der Waals surface area contributed by atoms with Crippen LogP contribution in [-0.4, -0.2) is 18.3 Å². The first-order valence-electron chi connectivity index (χ1n) is 7.27. The monoisotopic (exact) mass is 315 g/mol. The highest BCUT2D eigenvalue weighted by Crippen LogP contribution is 2.20. The van der Waals surface area contributed by atoms with Gasteiger partial charge >= 0.3 is 0 Å². The summed E-state index contributed by atoms with van der Waals surface area (Å²) in [5.74, 6) is 0.770. The highest BCUT2D eigenvalue weighted by atomic mass is 32.2. The molecule has 0 heterocycles. The highest BCUT2D eigenvalue weighted by Gasteiger charge is 2.10. The lowest BCUT2D eigenvalue weighted by atomic mass is 10.2. The number of hydrogen-bond acceptors (Lipinski definition) is 3. The van der Waals surface area contributed by atoms with Crippen molar-refractivity contribution >= 4 is 17.7 Å². The Hall–Kier alpha value is -1.94. The zero-order chi connectivity index (χ0) is 15.9. The number of hydrogen-bond donors (Lipinski definition) is 1. The minimum absolute atomic E-state index is 0.0554. The average molecular weight is 315 g/mol. The molecule has 1 N–H and O–H groups in total. The maximum atomic E-state index is 12.3. The maximum absolute atomic E-state index is 12.3. The number of ether oxygens (including phenoxy) is 1. The van der Waals surface area contributed by atoms with Crippen LogP contribution in [0.4, 0.5) is 0 Å². The second-order valence-electron chi connectivity index (χ2n) is 5.20. The Labute approximate surface area is 136 Å². The first kappa shape index (κ1) is 16.4. The van der Waals surface area contributed by atoms with Crippen LogP contribution in [0.5, 0.6) is 5.75 Å². The van der Waals surface area contributed by atoms with E-state index in [1.807, 2.05) is 68.6 Å². The van der Waals surface area contributed by atoms with E-state index in [2.05, 4.69) is 5.32 Å². The Bertz CT molecular complexity index is 640. The third-order valence-corrected chi connectivity index (χ3v) is 3.87. The van der Waals surface area contributed by atoms with Crippen LogP contribution in [-0.2, 0) is 6.54 Å². The van der Waals surface area contributed by atoms with E-state index < -0.39 is 0 Å². The largest absolute Gasteiger partial charge is 0.491 e. The molecule has 0 fully saturated rings. The molecule has 0 aliphatic carbocycles. The van der Waals surface area contributed by atoms with Gasteiger partial charge in [0.05, 0.1) is 11.7 Å². The Morgan fingerprint density at radius 1 is 1.18 bits per heavy atom. The molecule has 1 amide bonds. The van der Waals surface area contributed by atoms with Gasteiger partial charge in [0.1, 0.15) is 5.75 Å². The van der Waals surface area contributed by atoms with Crippen molar-refractivity contribution in [1.82, 2.24) is 5.32 Å². The van der Waals surface area contributed by atoms with Crippen molar-refractivity contribution in [2.45, 2.75) is 31.4 Å². The number of carbonyl (C=O) groups excluding carboxylic acids is 1. The average Bonchev–Trinajstić information content (AvgIpc) is 2.52. The lowest BCUT2D eigenvalue weighted by Crippen LogP contribution is -2.23. The van der Waals surface area contributed by atoms with Gasteiger partial charge in [-0.15, -0.1) is 11.8 Å². The van der Waals surface area contributed by atoms with Gasteiger partial charge < -0.3 is 10.1 Å². The van der Waals surface area contributed by atoms with Crippen molar-refractivity contribution < 1.29 is 9.53 Å². The van der Waals surface area contributed by atoms with Crippen molar-refractivity contribution in [3.8, 4) is 5.75 Å². The van der Waals surface area contributed by atoms with Gasteiger partial charge in [0, 0.05) is 11.4 Å². The number of carbonyl (C=O) groups is 1. The molecule has 0 bridgehead atoms. The summed E-state index contributed by atoms with van der Waals surface area (Å²) in [5.41, 5.74) is 1.73. The molecule has 0 unspecified atom stereocenters. The van der Waals surface area contributed by atoms with Crippen LogP contribution in [0.15, 0.2) is 53.4 Å². The van der Waals surface area contributed by atoms with Gasteiger partial charge in [-0.05, 0) is 49.9 Å². The SMILES string of the molecule is CSc1ccccc1C(=O)NCc1cccc(OC(C)C)c1. The molecule has 0 saturated carbocycles. The van der Waals surface area contributed by atoms with E-state index in [-0.39, 0.29) is 12.0 Å². The topological polar surface area (TPSA) is 38.3 Å². The molecule has 0 aliphatic rings. The van der Waals surface area contributed by atoms with Gasteiger partial charge in [0.25, 0.3) is 5.91 Å². The van der Waals surface area contributed by atoms with Crippen molar-refractivity contribution in [3.05, 3.63) is 59.7 Å². The van der Waals surface area contributed by atoms with Crippen molar-refractivity contribution in [2.75, 3.05) is 6.26 Å². The second kappa shape index (κ2) is 7.90. The molecule has 0 aromatic heterocycles. The zero-order valence-corrected chi connectivity index (χ0v) is 13.9. The summed E-state index contributed by atoms with van der Waals surface area (Å²) >= 11 is 1.57. The molecular weight excluding hydrogens is 294 g/mol. The Kier molecular flexibility index (Phi) is 5.90. The summed E-state index contributed by atoms with van der Waals surface area (Å²) in [5, 5.41) is 2.96. The molecule has 3 nitrogen and oxygen atoms in total. The van der Waals surface area contributed by atoms with E-state index in [1.54, 1.807) is 11.8 Å². The predicted molar refractivity (Wildman–Crippen MR) is 91.6 cm³/mol. The van der Waals surface area contributed by atoms with E-state index in [1.165, 1.54) is 0 Å². The van der Waals surface area contributed by atoms with Crippen LogP contribution in [0, 0.1) is 0 Å². The fourth-order valence-electron chi connectivity index (χ4n) is 2.11. The van der Waals surface area contributed by atoms with Gasteiger partial charge in [0.2, 0.25) is 0 Å². The molecule has 116 valence electrons. The van der Waals surface area contributed by atoms with E-state index in [4.69, 9.17) is 4.74 Å². The van der Waals surface area contributed by atoms with Gasteiger partial charge in [-0.2, -0.15) is 0 Å². The number of rotatable bonds is 6. The fourth-order valence-corrected chi connectivity index (χ4v) is 2.71. The van der Waals surface area contributed by atoms with Crippen LogP contribution in [0.3, 0.4) is 0 Å². The number of thioether (sulfide) groups is 1. The summed E-state index contributed by atoms with van der Waals surface area (Å²) in [6, 6.07) is 15.4. The van der Waals surface area contributed by atoms with Crippen LogP contribution in [0.1, 0.15) is 29.8 Å². The van der Waals surface area contributed by atoms with E-state index >= 15 is 0 Å². The van der Waals surface area contributed by atoms with E-state index in [9.17, 15) is 4.79 Å². The third-order valence-electron chi connectivity index (χ3n) is 3.07. The van der Waals surface area contributed by atoms with Crippen LogP contribution < -0.4 is 10.1 Å². The number of benzene rings is 2. The summed E-state index contributed by atoms with van der Waals surface area (Å²) in [6.45, 7) is 4.47. The van der Waals surface area contributed by atoms with Crippen LogP contribution >= 0.6 is 11.8 Å². The minimum Gasteiger partial charge on any atom is -0.491 e. The molecule has 2 aromatic carbocycles. The molecule has 0 aliphatic heterocycles. The third kappa shape index (κ3) is 4.53. The molecular formula is C18H21NO2S. The Balaban J connectivity index is 2.02. The predicted octanol–water partition coefficient (Wildman–Crippen LogP) is 4.13. The molecule has 22 heavy (non-hydrogen) atoms. The Morgan fingerprint density at radius 2 is 1.95 bits per heavy atom. The normalized spacial score (nSPS) is 10.5. The van der Waals surface area contributed by atoms with Crippen molar-refractivity contribution in [3.63, 3.8) is 0 Å². The van der Waals surface area contributed by atoms with Gasteiger partial charge in [-0.25, -0.2) is 0 Å². The van der Waals surface area contributed by atoms with Gasteiger partial charge in [-0.1, -0.05) is 24.3 Å². The number of amides is 1. The lowest BCUT2D eigenvalue weighted by molar-refractivity contribution is 0.0948. The van der Waals surface area contributed by atoms with E-state index in [0.29, 0.717) is 12.1 Å². The Morgan fingerprint density at radius 3 is 2.68 bits per heavy atom. The standard InChI is InChI=1S/C18H21NO2S/c1-13(2)21-15-8-6-7-14(11-15)12-19-18(20)16-9-4-5-10-17(16)22-3/h4-11,13H,12H2,1-3H3,(H,19,20). The van der Waals surface area contributed by atoms with Crippen molar-refractivity contribution in [2.24, 2.45) is 0 Å². The zero-order valence-electron chi connectivity index (χ0n) is 13.1. The summed E-state index contributed by atoms with van der Waals surface area (Å²) < 4.78 is 5.67. The van der Waals surface area contributed by atoms with Gasteiger partial charge in [-0.3, -0.25) is 4.79 Å². The fraction of sp³-hybridized carbons (Fsp3) is 0.278. The highest BCUT2D eigenvalue weighted by molar-refractivity contribution is 7.98. The second-order valence-corrected chi connectivity index (χ2v) is 6.05. The molecule has 2 rings (SSSR count). The summed E-state index contributed by atoms with van der Waals surface area (Å²) in [4.78, 5) is 13.3. The first-order chi connectivity index (χ1) is 10.6. The number of nitrogens with one attached hydrogen (secondary N) is 1. The molecule has 0 saturated heterocycles. The molecule has 0 radical (unpaired) electrons. The van der Waals surface area contributed by atoms with E-state index in [0.717, 1.165) is 16.2 Å². The van der Waals surface area contributed by atoms with Crippen LogP contribution in [0.25, 0.3) is 0 Å². The summed E-state index contributed by atoms with van der Waals surface area (Å²) in [7, 11) is 0. The van der Waals surface area contributed by atoms with Crippen molar-refractivity contribution in [1.29, 1.82) is 0 Å². The minimum atomic E-state index is -0.0554. The molecule has 2 aromatic rings. The molecule has 4 heteroatoms. The van der Waals surface area contributed by atoms with Gasteiger partial charge in [0.15, 0.2) is 0 Å². The first-order valence-corrected chi connectivity index (χ1v) is 8.49. The van der Waals surface area contributed by atoms with Crippen LogP contribution in [0.2, 0.25) is 0 Å². The quantitative estimate of drug-likeness (QED) is 0.815. The maximum Gasteiger partial charge on any atom is 0.252 e. The molecule has 0 spiro atoms. The summed E-state index contributed by atoms with van der Waals surface area (Å²) in [6.07, 6.45) is 2.11. The molecule has 0 atom stereocenters.